The van der Waals surface area contributed by atoms with Crippen molar-refractivity contribution in [1.29, 1.82) is 0 Å². The number of nitrogens with two attached hydrogens (primary N) is 1. The van der Waals surface area contributed by atoms with E-state index in [0.717, 1.165) is 6.07 Å². The second-order valence-corrected chi connectivity index (χ2v) is 4.72. The molecule has 3 nitrogen and oxygen atoms in total. The molecule has 2 N–H and O–H groups in total. The highest BCUT2D eigenvalue weighted by Gasteiger charge is 2.33. The Morgan fingerprint density at radius 3 is 2.00 bits per heavy atom. The lowest BCUT2D eigenvalue weighted by atomic mass is 9.99. The summed E-state index contributed by atoms with van der Waals surface area (Å²) in [6.07, 6.45) is -4.31. The largest absolute Gasteiger partial charge is 0.468 e. The van der Waals surface area contributed by atoms with E-state index in [4.69, 9.17) is 5.73 Å². The molecule has 1 unspecified atom stereocenters. The van der Waals surface area contributed by atoms with Crippen LogP contribution in [0.4, 0.5) is 13.2 Å². The number of hydrogen-bond donors (Lipinski definition) is 1. The number of ether oxygens (including phenoxy) is 1. The normalized spacial score (nSPS) is 11.9. The van der Waals surface area contributed by atoms with Crippen LogP contribution in [-0.2, 0) is 15.7 Å². The van der Waals surface area contributed by atoms with Crippen LogP contribution in [0.3, 0.4) is 0 Å². The molecule has 2 aromatic rings. The van der Waals surface area contributed by atoms with Crippen molar-refractivity contribution in [3.8, 4) is 11.1 Å². The minimum atomic E-state index is -4.31. The summed E-state index contributed by atoms with van der Waals surface area (Å²) in [5, 5.41) is 0. The number of hydrogen-bond acceptors (Lipinski definition) is 3. The molecule has 0 aliphatic carbocycles. The summed E-state index contributed by atoms with van der Waals surface area (Å²) in [7, 11) is 1.31. The molecular weight excluding hydrogens is 307 g/mol. The van der Waals surface area contributed by atoms with Crippen molar-refractivity contribution in [3.63, 3.8) is 0 Å². The summed E-state index contributed by atoms with van der Waals surface area (Å²) in [5.41, 5.74) is 5.27. The summed E-state index contributed by atoms with van der Waals surface area (Å²) in [5.74, 6) is -0.375. The van der Waals surface area contributed by atoms with Crippen molar-refractivity contribution >= 4 is 5.97 Å². The monoisotopic (exact) mass is 325 g/mol. The van der Waals surface area contributed by atoms with E-state index in [1.807, 2.05) is 0 Å². The Kier molecular flexibility index (Phi) is 6.78. The number of rotatable bonds is 2. The molecule has 0 spiro atoms. The molecular formula is C17H18F3NO2. The van der Waals surface area contributed by atoms with Crippen molar-refractivity contribution in [3.05, 3.63) is 60.2 Å². The fourth-order valence-corrected chi connectivity index (χ4v) is 1.79. The average molecular weight is 325 g/mol. The van der Waals surface area contributed by atoms with Gasteiger partial charge in [0.2, 0.25) is 0 Å². The van der Waals surface area contributed by atoms with Crippen LogP contribution in [0.1, 0.15) is 12.5 Å². The summed E-state index contributed by atoms with van der Waals surface area (Å²) in [6.45, 7) is 1.58. The minimum absolute atomic E-state index is 0.218. The average Bonchev–Trinajstić information content (AvgIpc) is 2.54. The second kappa shape index (κ2) is 8.33. The molecule has 0 bridgehead atoms. The molecule has 1 atom stereocenters. The van der Waals surface area contributed by atoms with Crippen molar-refractivity contribution in [2.24, 2.45) is 5.73 Å². The zero-order valence-electron chi connectivity index (χ0n) is 12.8. The number of alkyl halides is 3. The highest BCUT2D eigenvalue weighted by molar-refractivity contribution is 5.74. The zero-order valence-corrected chi connectivity index (χ0v) is 12.8. The maximum Gasteiger partial charge on any atom is 0.417 e. The summed E-state index contributed by atoms with van der Waals surface area (Å²) in [6, 6.07) is 13.7. The lowest BCUT2D eigenvalue weighted by Crippen LogP contribution is -2.27. The SMILES string of the molecule is COC(=O)C(C)N.FC(F)(F)c1ccccc1-c1ccccc1. The molecule has 0 saturated heterocycles. The molecule has 0 amide bonds. The van der Waals surface area contributed by atoms with Crippen LogP contribution in [0, 0.1) is 0 Å². The Bertz CT molecular complexity index is 625. The fourth-order valence-electron chi connectivity index (χ4n) is 1.79. The van der Waals surface area contributed by atoms with Gasteiger partial charge in [-0.05, 0) is 24.1 Å². The highest BCUT2D eigenvalue weighted by Crippen LogP contribution is 2.36. The Morgan fingerprint density at radius 1 is 1.04 bits per heavy atom. The zero-order chi connectivity index (χ0) is 17.5. The topological polar surface area (TPSA) is 52.3 Å². The Labute approximate surface area is 132 Å². The van der Waals surface area contributed by atoms with Gasteiger partial charge < -0.3 is 10.5 Å². The van der Waals surface area contributed by atoms with Gasteiger partial charge in [0.15, 0.2) is 0 Å². The molecule has 0 fully saturated rings. The molecule has 0 saturated carbocycles. The predicted molar refractivity (Wildman–Crippen MR) is 82.5 cm³/mol. The van der Waals surface area contributed by atoms with Gasteiger partial charge in [-0.2, -0.15) is 13.2 Å². The van der Waals surface area contributed by atoms with Crippen molar-refractivity contribution < 1.29 is 22.7 Å². The Hall–Kier alpha value is -2.34. The summed E-state index contributed by atoms with van der Waals surface area (Å²) >= 11 is 0. The third kappa shape index (κ3) is 5.75. The lowest BCUT2D eigenvalue weighted by molar-refractivity contribution is -0.141. The quantitative estimate of drug-likeness (QED) is 0.853. The number of benzene rings is 2. The lowest BCUT2D eigenvalue weighted by Gasteiger charge is -2.12. The van der Waals surface area contributed by atoms with Gasteiger partial charge >= 0.3 is 12.1 Å². The summed E-state index contributed by atoms with van der Waals surface area (Å²) in [4.78, 5) is 10.2. The van der Waals surface area contributed by atoms with Crippen molar-refractivity contribution in [2.75, 3.05) is 7.11 Å². The van der Waals surface area contributed by atoms with E-state index in [0.29, 0.717) is 5.56 Å². The van der Waals surface area contributed by atoms with Gasteiger partial charge in [-0.3, -0.25) is 4.79 Å². The van der Waals surface area contributed by atoms with Gasteiger partial charge in [0.25, 0.3) is 0 Å². The van der Waals surface area contributed by atoms with Gasteiger partial charge in [-0.25, -0.2) is 0 Å². The van der Waals surface area contributed by atoms with Crippen LogP contribution in [0.2, 0.25) is 0 Å². The third-order valence-corrected chi connectivity index (χ3v) is 2.89. The molecule has 124 valence electrons. The first-order valence-electron chi connectivity index (χ1n) is 6.82. The second-order valence-electron chi connectivity index (χ2n) is 4.72. The number of methoxy groups -OCH3 is 1. The van der Waals surface area contributed by atoms with Crippen LogP contribution in [0.15, 0.2) is 54.6 Å². The molecule has 0 radical (unpaired) electrons. The van der Waals surface area contributed by atoms with Gasteiger partial charge in [-0.1, -0.05) is 48.5 Å². The van der Waals surface area contributed by atoms with Crippen LogP contribution in [0.25, 0.3) is 11.1 Å². The van der Waals surface area contributed by atoms with Gasteiger partial charge in [0.05, 0.1) is 12.7 Å². The van der Waals surface area contributed by atoms with Crippen LogP contribution >= 0.6 is 0 Å². The first-order valence-corrected chi connectivity index (χ1v) is 6.82. The molecule has 0 aliphatic rings. The van der Waals surface area contributed by atoms with Gasteiger partial charge in [-0.15, -0.1) is 0 Å². The Morgan fingerprint density at radius 2 is 1.57 bits per heavy atom. The van der Waals surface area contributed by atoms with E-state index >= 15 is 0 Å². The Balaban J connectivity index is 0.000000322. The minimum Gasteiger partial charge on any atom is -0.468 e. The standard InChI is InChI=1S/C13H9F3.C4H9NO2/c14-13(15,16)12-9-5-4-8-11(12)10-6-2-1-3-7-10;1-3(5)4(6)7-2/h1-9H;3H,5H2,1-2H3. The molecule has 0 aromatic heterocycles. The smallest absolute Gasteiger partial charge is 0.417 e. The van der Waals surface area contributed by atoms with E-state index in [1.54, 1.807) is 43.3 Å². The van der Waals surface area contributed by atoms with E-state index in [1.165, 1.54) is 19.2 Å². The third-order valence-electron chi connectivity index (χ3n) is 2.89. The van der Waals surface area contributed by atoms with Crippen molar-refractivity contribution in [2.45, 2.75) is 19.1 Å². The fraction of sp³-hybridized carbons (Fsp3) is 0.235. The molecule has 23 heavy (non-hydrogen) atoms. The molecule has 6 heteroatoms. The van der Waals surface area contributed by atoms with Gasteiger partial charge in [0.1, 0.15) is 6.04 Å². The maximum atomic E-state index is 12.7. The number of halogens is 3. The first kappa shape index (κ1) is 18.7. The molecule has 2 rings (SSSR count). The number of carbonyl (C=O) groups excluding carboxylic acids is 1. The van der Waals surface area contributed by atoms with E-state index in [2.05, 4.69) is 4.74 Å². The molecule has 0 heterocycles. The molecule has 2 aromatic carbocycles. The summed E-state index contributed by atoms with van der Waals surface area (Å²) < 4.78 is 42.4. The van der Waals surface area contributed by atoms with E-state index in [-0.39, 0.29) is 11.5 Å². The van der Waals surface area contributed by atoms with Crippen LogP contribution < -0.4 is 5.73 Å². The maximum absolute atomic E-state index is 12.7. The number of carbonyl (C=O) groups is 1. The van der Waals surface area contributed by atoms with Crippen LogP contribution in [0.5, 0.6) is 0 Å². The first-order chi connectivity index (χ1) is 10.8. The highest BCUT2D eigenvalue weighted by atomic mass is 19.4. The predicted octanol–water partition coefficient (Wildman–Crippen LogP) is 3.88. The van der Waals surface area contributed by atoms with Crippen molar-refractivity contribution in [1.82, 2.24) is 0 Å². The number of esters is 1. The van der Waals surface area contributed by atoms with Gasteiger partial charge in [0, 0.05) is 0 Å². The molecule has 0 aliphatic heterocycles. The van der Waals surface area contributed by atoms with Crippen LogP contribution in [-0.4, -0.2) is 19.1 Å². The van der Waals surface area contributed by atoms with E-state index < -0.39 is 17.8 Å². The van der Waals surface area contributed by atoms with E-state index in [9.17, 15) is 18.0 Å².